The summed E-state index contributed by atoms with van der Waals surface area (Å²) in [6.45, 7) is 14.3. The van der Waals surface area contributed by atoms with Gasteiger partial charge >= 0.3 is 0 Å². The maximum atomic E-state index is 10.3. The van der Waals surface area contributed by atoms with Gasteiger partial charge in [-0.1, -0.05) is 158 Å². The van der Waals surface area contributed by atoms with Crippen LogP contribution in [0, 0.1) is 0 Å². The maximum Gasteiger partial charge on any atom is 0.210 e. The van der Waals surface area contributed by atoms with E-state index in [-0.39, 0.29) is 31.5 Å². The lowest BCUT2D eigenvalue weighted by Crippen LogP contribution is -2.29. The van der Waals surface area contributed by atoms with Crippen LogP contribution in [0.25, 0.3) is 21.5 Å². The highest BCUT2D eigenvalue weighted by molar-refractivity contribution is 7.86. The van der Waals surface area contributed by atoms with Crippen LogP contribution >= 0.6 is 0 Å². The Kier molecular flexibility index (Phi) is 16.2. The molecule has 4 aliphatic heterocycles. The summed E-state index contributed by atoms with van der Waals surface area (Å²) in [4.78, 5) is 4.45. The normalized spacial score (nSPS) is 20.0. The molecule has 0 saturated heterocycles. The molecule has 0 aromatic heterocycles. The predicted octanol–water partition coefficient (Wildman–Crippen LogP) is 15.4. The number of hydrogen-bond acceptors (Lipinski definition) is 8. The van der Waals surface area contributed by atoms with Crippen LogP contribution in [0.5, 0.6) is 0 Å². The molecular formula is C76H74N4O6S2. The van der Waals surface area contributed by atoms with Crippen LogP contribution in [0.1, 0.15) is 74.9 Å². The third-order valence-electron chi connectivity index (χ3n) is 18.6. The number of anilines is 2. The number of fused-ring (bicyclic) bond motifs is 8. The molecule has 0 radical (unpaired) electrons. The van der Waals surface area contributed by atoms with Crippen molar-refractivity contribution in [2.45, 2.75) is 85.8 Å². The Hall–Kier alpha value is -8.78. The third-order valence-corrected chi connectivity index (χ3v) is 20.3. The second kappa shape index (κ2) is 23.4. The Morgan fingerprint density at radius 3 is 1.10 bits per heavy atom. The fraction of sp³-hybridized carbons (Fsp3) is 0.211. The van der Waals surface area contributed by atoms with Crippen molar-refractivity contribution >= 4 is 76.0 Å². The smallest absolute Gasteiger partial charge is 0.210 e. The summed E-state index contributed by atoms with van der Waals surface area (Å²) >= 11 is 0. The van der Waals surface area contributed by atoms with Gasteiger partial charge in [0.15, 0.2) is 11.4 Å². The fourth-order valence-electron chi connectivity index (χ4n) is 14.3. The summed E-state index contributed by atoms with van der Waals surface area (Å²) in [7, 11) is 0.396. The summed E-state index contributed by atoms with van der Waals surface area (Å²) in [5, 5.41) is 5.26. The Bertz CT molecular complexity index is 4340. The molecule has 0 saturated carbocycles. The average Bonchev–Trinajstić information content (AvgIpc) is 1.87. The Morgan fingerprint density at radius 1 is 0.420 bits per heavy atom. The molecule has 446 valence electrons. The van der Waals surface area contributed by atoms with Gasteiger partial charge in [0, 0.05) is 83.1 Å². The molecule has 12 heteroatoms. The molecule has 9 aromatic rings. The van der Waals surface area contributed by atoms with Crippen LogP contribution < -0.4 is 9.80 Å². The molecule has 0 spiro atoms. The number of nitrogens with zero attached hydrogens (tertiary/aromatic N) is 4. The van der Waals surface area contributed by atoms with Crippen LogP contribution in [0.15, 0.2) is 264 Å². The van der Waals surface area contributed by atoms with E-state index >= 15 is 0 Å². The molecule has 9 aromatic carbocycles. The lowest BCUT2D eigenvalue weighted by molar-refractivity contribution is -0.401. The van der Waals surface area contributed by atoms with E-state index < -0.39 is 20.2 Å². The van der Waals surface area contributed by atoms with Crippen LogP contribution in [0.2, 0.25) is 0 Å². The zero-order valence-electron chi connectivity index (χ0n) is 51.6. The SMILES string of the molecule is CN1C(=CC=CC2=[N+](C)c3ccc4ccccc4c3C2(C)C)C(C)(Cc2ccc(CC3(C)C(=CC=CC4=[N+](C)c5ccc6ccccc6c5C4(C)C)N(C)c4ccccc43)cc2)c2ccccc21.O=S(=O)([O-])c1ccccc1.O=S(=O)([O-])c1ccccc1. The molecular weight excluding hydrogens is 1130 g/mol. The molecule has 2 unspecified atom stereocenters. The van der Waals surface area contributed by atoms with Gasteiger partial charge in [-0.05, 0) is 159 Å². The van der Waals surface area contributed by atoms with Crippen molar-refractivity contribution in [3.8, 4) is 0 Å². The highest BCUT2D eigenvalue weighted by atomic mass is 32.2. The van der Waals surface area contributed by atoms with Gasteiger partial charge in [0.25, 0.3) is 0 Å². The van der Waals surface area contributed by atoms with Crippen molar-refractivity contribution in [1.82, 2.24) is 0 Å². The van der Waals surface area contributed by atoms with Crippen molar-refractivity contribution in [2.24, 2.45) is 0 Å². The number of likely N-dealkylation sites (N-methyl/N-ethyl adjacent to an activating group) is 2. The van der Waals surface area contributed by atoms with Crippen molar-refractivity contribution < 1.29 is 35.1 Å². The monoisotopic (exact) mass is 1200 g/mol. The first kappa shape index (κ1) is 60.9. The number of allylic oxidation sites excluding steroid dienone is 8. The van der Waals surface area contributed by atoms with Gasteiger partial charge in [-0.2, -0.15) is 9.15 Å². The highest BCUT2D eigenvalue weighted by Gasteiger charge is 2.47. The van der Waals surface area contributed by atoms with E-state index in [1.807, 2.05) is 0 Å². The van der Waals surface area contributed by atoms with Gasteiger partial charge in [-0.3, -0.25) is 0 Å². The highest BCUT2D eigenvalue weighted by Crippen LogP contribution is 2.52. The van der Waals surface area contributed by atoms with Gasteiger partial charge in [0.2, 0.25) is 11.4 Å². The molecule has 4 aliphatic rings. The van der Waals surface area contributed by atoms with Crippen molar-refractivity contribution in [2.75, 3.05) is 38.0 Å². The Morgan fingerprint density at radius 2 is 0.750 bits per heavy atom. The van der Waals surface area contributed by atoms with Gasteiger partial charge in [-0.25, -0.2) is 16.8 Å². The fourth-order valence-corrected chi connectivity index (χ4v) is 15.3. The summed E-state index contributed by atoms with van der Waals surface area (Å²) < 4.78 is 66.4. The number of para-hydroxylation sites is 2. The first-order valence-electron chi connectivity index (χ1n) is 29.7. The van der Waals surface area contributed by atoms with Crippen molar-refractivity contribution in [3.05, 3.63) is 287 Å². The van der Waals surface area contributed by atoms with E-state index in [4.69, 9.17) is 0 Å². The zero-order valence-corrected chi connectivity index (χ0v) is 53.2. The molecule has 2 atom stereocenters. The lowest BCUT2D eigenvalue weighted by atomic mass is 9.75. The molecule has 13 rings (SSSR count). The molecule has 88 heavy (non-hydrogen) atoms. The van der Waals surface area contributed by atoms with Gasteiger partial charge < -0.3 is 18.9 Å². The Labute approximate surface area is 519 Å². The predicted molar refractivity (Wildman–Crippen MR) is 357 cm³/mol. The summed E-state index contributed by atoms with van der Waals surface area (Å²) in [6, 6.07) is 68.6. The van der Waals surface area contributed by atoms with Crippen LogP contribution in [0.4, 0.5) is 22.7 Å². The Balaban J connectivity index is 0.000000339. The maximum absolute atomic E-state index is 10.3. The number of benzene rings is 9. The second-order valence-corrected chi connectivity index (χ2v) is 27.6. The van der Waals surface area contributed by atoms with E-state index in [1.54, 1.807) is 12.1 Å². The third kappa shape index (κ3) is 11.1. The van der Waals surface area contributed by atoms with E-state index in [9.17, 15) is 25.9 Å². The van der Waals surface area contributed by atoms with Crippen LogP contribution in [-0.2, 0) is 54.7 Å². The number of rotatable bonds is 10. The van der Waals surface area contributed by atoms with E-state index in [0.29, 0.717) is 0 Å². The zero-order chi connectivity index (χ0) is 62.6. The molecule has 0 aliphatic carbocycles. The number of hydrogen-bond donors (Lipinski definition) is 0. The largest absolute Gasteiger partial charge is 0.744 e. The summed E-state index contributed by atoms with van der Waals surface area (Å²) in [5.74, 6) is 0. The first-order chi connectivity index (χ1) is 41.9. The van der Waals surface area contributed by atoms with Gasteiger partial charge in [0.1, 0.15) is 34.3 Å². The minimum absolute atomic E-state index is 0.137. The molecule has 0 fully saturated rings. The minimum atomic E-state index is -4.25. The summed E-state index contributed by atoms with van der Waals surface area (Å²) in [5.41, 5.74) is 17.9. The van der Waals surface area contributed by atoms with Crippen LogP contribution in [-0.4, -0.2) is 74.7 Å². The molecule has 0 amide bonds. The van der Waals surface area contributed by atoms with Gasteiger partial charge in [0.05, 0.1) is 20.6 Å². The molecule has 0 bridgehead atoms. The quantitative estimate of drug-likeness (QED) is 0.0979. The molecule has 0 N–H and O–H groups in total. The molecule has 4 heterocycles. The minimum Gasteiger partial charge on any atom is -0.744 e. The standard InChI is InChI=1S/C64H64N4.2C6H6O3S/c1-61(2)55(67(9)53-39-37-45-21-11-13-23-47(45)59(53)61)29-19-31-57-63(5,49-25-15-17-27-51(49)65(57)7)41-43-33-35-44(36-34-43)42-64(6)50-26-16-18-28-52(50)66(8)58(64)32-20-30-56-62(3,4)60-48-24-14-12-22-46(48)38-40-54(60)68(56)10;2*7-10(8,9)6-4-2-1-3-5-6/h11-40H,41-42H2,1-10H3;2*1-5H,(H,7,8,9)/q+2;;/p-2. The van der Waals surface area contributed by atoms with E-state index in [0.717, 1.165) is 12.8 Å². The molecule has 10 nitrogen and oxygen atoms in total. The first-order valence-corrected chi connectivity index (χ1v) is 32.5. The lowest BCUT2D eigenvalue weighted by Gasteiger charge is -2.30. The van der Waals surface area contributed by atoms with Crippen molar-refractivity contribution in [1.29, 1.82) is 0 Å². The van der Waals surface area contributed by atoms with Crippen molar-refractivity contribution in [3.63, 3.8) is 0 Å². The van der Waals surface area contributed by atoms with Crippen LogP contribution in [0.3, 0.4) is 0 Å². The second-order valence-electron chi connectivity index (χ2n) is 24.8. The topological polar surface area (TPSA) is 127 Å². The average molecular weight is 1200 g/mol. The summed E-state index contributed by atoms with van der Waals surface area (Å²) in [6.07, 6.45) is 15.8. The van der Waals surface area contributed by atoms with E-state index in [1.165, 1.54) is 149 Å². The van der Waals surface area contributed by atoms with Gasteiger partial charge in [-0.15, -0.1) is 0 Å². The van der Waals surface area contributed by atoms with E-state index in [2.05, 4.69) is 271 Å².